The van der Waals surface area contributed by atoms with Crippen LogP contribution in [0.5, 0.6) is 0 Å². The van der Waals surface area contributed by atoms with Crippen molar-refractivity contribution >= 4 is 51.4 Å². The first kappa shape index (κ1) is 28.9. The van der Waals surface area contributed by atoms with Crippen LogP contribution in [0, 0.1) is 17.4 Å². The van der Waals surface area contributed by atoms with Crippen molar-refractivity contribution in [1.29, 1.82) is 5.26 Å². The van der Waals surface area contributed by atoms with Crippen LogP contribution in [-0.4, -0.2) is 23.9 Å². The zero-order valence-electron chi connectivity index (χ0n) is 22.1. The summed E-state index contributed by atoms with van der Waals surface area (Å²) in [7, 11) is -1.37. The van der Waals surface area contributed by atoms with E-state index in [2.05, 4.69) is 73.2 Å². The minimum absolute atomic E-state index is 0. The molecule has 0 aliphatic carbocycles. The Hall–Kier alpha value is -3.62. The van der Waals surface area contributed by atoms with Gasteiger partial charge in [-0.2, -0.15) is 5.26 Å². The number of ketones is 1. The maximum Gasteiger partial charge on any atom is 0.155 e. The van der Waals surface area contributed by atoms with Gasteiger partial charge in [0, 0.05) is 38.1 Å². The second-order valence-corrected chi connectivity index (χ2v) is 15.2. The maximum absolute atomic E-state index is 10.0. The summed E-state index contributed by atoms with van der Waals surface area (Å²) >= 11 is 0. The van der Waals surface area contributed by atoms with Crippen LogP contribution in [0.3, 0.4) is 0 Å². The summed E-state index contributed by atoms with van der Waals surface area (Å²) in [6.45, 7) is 9.97. The molecule has 5 aromatic rings. The van der Waals surface area contributed by atoms with E-state index < -0.39 is 8.07 Å². The number of allylic oxidation sites excluding steroid dienone is 2. The topological polar surface area (TPSA) is 74.0 Å². The molecule has 38 heavy (non-hydrogen) atoms. The summed E-state index contributed by atoms with van der Waals surface area (Å²) in [5.74, 6) is -0.0625. The molecule has 0 saturated carbocycles. The zero-order valence-corrected chi connectivity index (χ0v) is 25.5. The van der Waals surface area contributed by atoms with E-state index in [9.17, 15) is 10.1 Å². The Morgan fingerprint density at radius 2 is 1.66 bits per heavy atom. The number of fused-ring (bicyclic) bond motifs is 4. The van der Waals surface area contributed by atoms with Gasteiger partial charge in [0.2, 0.25) is 0 Å². The Morgan fingerprint density at radius 3 is 2.29 bits per heavy atom. The van der Waals surface area contributed by atoms with Gasteiger partial charge in [-0.15, -0.1) is 23.6 Å². The smallest absolute Gasteiger partial charge is 0.155 e. The maximum atomic E-state index is 10.0. The van der Waals surface area contributed by atoms with Crippen LogP contribution in [0.15, 0.2) is 84.8 Å². The second kappa shape index (κ2) is 11.8. The van der Waals surface area contributed by atoms with E-state index >= 15 is 0 Å². The Bertz CT molecular complexity index is 1730. The number of hydrogen-bond acceptors (Lipinski definition) is 4. The summed E-state index contributed by atoms with van der Waals surface area (Å²) in [6, 6.07) is 28.9. The van der Waals surface area contributed by atoms with E-state index in [1.807, 2.05) is 36.5 Å². The van der Waals surface area contributed by atoms with E-state index in [0.717, 1.165) is 27.4 Å². The van der Waals surface area contributed by atoms with Crippen LogP contribution in [0.2, 0.25) is 19.6 Å². The number of rotatable bonds is 3. The average molecular weight is 694 g/mol. The van der Waals surface area contributed by atoms with Crippen LogP contribution in [-0.2, 0) is 24.9 Å². The van der Waals surface area contributed by atoms with Gasteiger partial charge in [-0.3, -0.25) is 9.78 Å². The summed E-state index contributed by atoms with van der Waals surface area (Å²) in [5.41, 5.74) is 2.37. The Morgan fingerprint density at radius 1 is 0.947 bits per heavy atom. The molecular formula is C32H29IrN2O2Si-. The molecule has 5 rings (SSSR count). The number of aliphatic hydroxyl groups is 1. The third kappa shape index (κ3) is 6.26. The van der Waals surface area contributed by atoms with Crippen LogP contribution < -0.4 is 5.19 Å². The summed E-state index contributed by atoms with van der Waals surface area (Å²) < 4.78 is 0. The predicted molar refractivity (Wildman–Crippen MR) is 156 cm³/mol. The number of carbonyl (C=O) groups is 1. The third-order valence-electron chi connectivity index (χ3n) is 6.19. The van der Waals surface area contributed by atoms with Crippen molar-refractivity contribution in [2.45, 2.75) is 33.5 Å². The number of hydrogen-bond donors (Lipinski definition) is 1. The van der Waals surface area contributed by atoms with Crippen LogP contribution in [0.1, 0.15) is 19.4 Å². The molecule has 6 heteroatoms. The molecule has 1 aromatic heterocycles. The molecule has 0 spiro atoms. The molecule has 0 atom stereocenters. The van der Waals surface area contributed by atoms with E-state index in [1.165, 1.54) is 41.3 Å². The summed E-state index contributed by atoms with van der Waals surface area (Å²) in [5, 5.41) is 26.1. The van der Waals surface area contributed by atoms with Crippen LogP contribution in [0.4, 0.5) is 0 Å². The minimum atomic E-state index is -1.37. The normalized spacial score (nSPS) is 11.4. The van der Waals surface area contributed by atoms with Gasteiger partial charge in [0.15, 0.2) is 5.78 Å². The van der Waals surface area contributed by atoms with E-state index in [-0.39, 0.29) is 31.6 Å². The molecule has 0 fully saturated rings. The van der Waals surface area contributed by atoms with Gasteiger partial charge in [-0.05, 0) is 47.0 Å². The van der Waals surface area contributed by atoms with Gasteiger partial charge in [0.25, 0.3) is 0 Å². The molecule has 0 aliphatic heterocycles. The Balaban J connectivity index is 0.000000444. The van der Waals surface area contributed by atoms with Crippen molar-refractivity contribution in [3.63, 3.8) is 0 Å². The first-order valence-electron chi connectivity index (χ1n) is 12.1. The van der Waals surface area contributed by atoms with Gasteiger partial charge in [-0.25, -0.2) is 0 Å². The van der Waals surface area contributed by atoms with Crippen LogP contribution >= 0.6 is 0 Å². The molecule has 0 aliphatic rings. The molecule has 0 bridgehead atoms. The quantitative estimate of drug-likeness (QED) is 0.0701. The number of aromatic nitrogens is 1. The number of nitriles is 1. The number of aliphatic hydroxyl groups excluding tert-OH is 1. The number of benzene rings is 4. The van der Waals surface area contributed by atoms with E-state index in [1.54, 1.807) is 0 Å². The van der Waals surface area contributed by atoms with Gasteiger partial charge in [0.1, 0.15) is 0 Å². The molecule has 4 nitrogen and oxygen atoms in total. The fourth-order valence-corrected chi connectivity index (χ4v) is 5.59. The van der Waals surface area contributed by atoms with Gasteiger partial charge >= 0.3 is 0 Å². The SMILES string of the molecule is CC(=O)/C=C(/C)O.C[Si](C)(C)c1ccc2c(ccc3c(-c4[c-]c5ccccc5c(C#N)c4)nccc32)c1.[Ir]. The molecule has 0 unspecified atom stereocenters. The van der Waals surface area contributed by atoms with E-state index in [4.69, 9.17) is 5.11 Å². The molecule has 193 valence electrons. The molecule has 0 amide bonds. The van der Waals surface area contributed by atoms with Crippen LogP contribution in [0.25, 0.3) is 43.6 Å². The number of nitrogens with zero attached hydrogens (tertiary/aromatic N) is 2. The zero-order chi connectivity index (χ0) is 26.7. The van der Waals surface area contributed by atoms with Gasteiger partial charge < -0.3 is 5.11 Å². The second-order valence-electron chi connectivity index (χ2n) is 10.2. The van der Waals surface area contributed by atoms with Gasteiger partial charge in [-0.1, -0.05) is 84.3 Å². The van der Waals surface area contributed by atoms with E-state index in [0.29, 0.717) is 5.56 Å². The molecule has 1 N–H and O–H groups in total. The summed E-state index contributed by atoms with van der Waals surface area (Å²) in [6.07, 6.45) is 3.03. The first-order chi connectivity index (χ1) is 17.6. The van der Waals surface area contributed by atoms with Crippen molar-refractivity contribution in [3.05, 3.63) is 96.4 Å². The third-order valence-corrected chi connectivity index (χ3v) is 8.23. The first-order valence-corrected chi connectivity index (χ1v) is 15.6. The Kier molecular flexibility index (Phi) is 9.01. The number of carbonyl (C=O) groups excluding carboxylic acids is 1. The fourth-order valence-electron chi connectivity index (χ4n) is 4.42. The van der Waals surface area contributed by atoms with Crippen molar-refractivity contribution in [2.75, 3.05) is 0 Å². The minimum Gasteiger partial charge on any atom is -0.512 e. The molecule has 0 saturated heterocycles. The molecule has 1 heterocycles. The van der Waals surface area contributed by atoms with Crippen molar-refractivity contribution in [1.82, 2.24) is 4.98 Å². The predicted octanol–water partition coefficient (Wildman–Crippen LogP) is 7.46. The fraction of sp³-hybridized carbons (Fsp3) is 0.156. The molecule has 1 radical (unpaired) electrons. The van der Waals surface area contributed by atoms with Gasteiger partial charge in [0.05, 0.1) is 19.9 Å². The number of pyridine rings is 1. The van der Waals surface area contributed by atoms with Crippen molar-refractivity contribution < 1.29 is 30.0 Å². The molecule has 4 aromatic carbocycles. The largest absolute Gasteiger partial charge is 0.512 e. The summed E-state index contributed by atoms with van der Waals surface area (Å²) in [4.78, 5) is 14.7. The average Bonchev–Trinajstić information content (AvgIpc) is 2.86. The monoisotopic (exact) mass is 694 g/mol. The molecular weight excluding hydrogens is 665 g/mol. The standard InChI is InChI=1S/C27H21N2Si.C5H8O2.Ir/c1-30(2,3)22-9-11-24-19(16-22)8-10-26-25(24)12-13-29-27(26)20-14-18-6-4-5-7-23(18)21(15-20)17-28;1-4(6)3-5(2)7;/h4-13,15-16H,1-3H3;3,6H,1-2H3;/q-1;;/b;4-3-;. The van der Waals surface area contributed by atoms with Crippen molar-refractivity contribution in [2.24, 2.45) is 0 Å². The van der Waals surface area contributed by atoms with Crippen molar-refractivity contribution in [3.8, 4) is 17.3 Å². The Labute approximate surface area is 238 Å².